The van der Waals surface area contributed by atoms with Gasteiger partial charge in [-0.25, -0.2) is 0 Å². The molecule has 0 atom stereocenters. The molecule has 0 saturated carbocycles. The maximum atomic E-state index is 6.06. The molecule has 2 aromatic carbocycles. The molecule has 2 N–H and O–H groups in total. The fraction of sp³-hybridized carbons (Fsp3) is 0.250. The van der Waals surface area contributed by atoms with Crippen molar-refractivity contribution in [2.75, 3.05) is 5.73 Å². The first-order valence-corrected chi connectivity index (χ1v) is 6.08. The molecular weight excluding hydrogens is 206 g/mol. The molecule has 88 valence electrons. The predicted octanol–water partition coefficient (Wildman–Crippen LogP) is 4.12. The Bertz CT molecular complexity index is 524. The van der Waals surface area contributed by atoms with Gasteiger partial charge in [0.1, 0.15) is 0 Å². The summed E-state index contributed by atoms with van der Waals surface area (Å²) in [5.41, 5.74) is 13.2. The fourth-order valence-corrected chi connectivity index (χ4v) is 2.04. The van der Waals surface area contributed by atoms with Crippen LogP contribution in [0.4, 0.5) is 5.69 Å². The quantitative estimate of drug-likeness (QED) is 0.764. The number of nitrogens with two attached hydrogens (primary N) is 1. The summed E-state index contributed by atoms with van der Waals surface area (Å²) in [5.74, 6) is 0. The van der Waals surface area contributed by atoms with E-state index in [2.05, 4.69) is 57.2 Å². The van der Waals surface area contributed by atoms with Crippen molar-refractivity contribution in [3.05, 3.63) is 53.1 Å². The standard InChI is InChI=1S/C16H19N/c1-4-13-9-15(12(3)16(17)10-13)14-7-5-11(2)6-8-14/h5-10H,4,17H2,1-3H3. The summed E-state index contributed by atoms with van der Waals surface area (Å²) in [7, 11) is 0. The molecule has 0 spiro atoms. The number of anilines is 1. The Morgan fingerprint density at radius 1 is 1.00 bits per heavy atom. The van der Waals surface area contributed by atoms with Gasteiger partial charge in [0.2, 0.25) is 0 Å². The number of nitrogen functional groups attached to an aromatic ring is 1. The topological polar surface area (TPSA) is 26.0 Å². The number of benzene rings is 2. The Hall–Kier alpha value is -1.76. The van der Waals surface area contributed by atoms with Crippen molar-refractivity contribution in [3.63, 3.8) is 0 Å². The van der Waals surface area contributed by atoms with Gasteiger partial charge >= 0.3 is 0 Å². The molecule has 0 aromatic heterocycles. The molecule has 17 heavy (non-hydrogen) atoms. The zero-order valence-corrected chi connectivity index (χ0v) is 10.7. The lowest BCUT2D eigenvalue weighted by Gasteiger charge is -2.11. The molecule has 0 heterocycles. The van der Waals surface area contributed by atoms with Crippen LogP contribution in [0.2, 0.25) is 0 Å². The third-order valence-corrected chi connectivity index (χ3v) is 3.28. The maximum absolute atomic E-state index is 6.06. The van der Waals surface area contributed by atoms with E-state index in [9.17, 15) is 0 Å². The van der Waals surface area contributed by atoms with Crippen molar-refractivity contribution in [1.82, 2.24) is 0 Å². The lowest BCUT2D eigenvalue weighted by atomic mass is 9.95. The molecule has 0 radical (unpaired) electrons. The van der Waals surface area contributed by atoms with Crippen molar-refractivity contribution in [2.24, 2.45) is 0 Å². The van der Waals surface area contributed by atoms with Crippen LogP contribution < -0.4 is 5.73 Å². The average Bonchev–Trinajstić information content (AvgIpc) is 2.34. The van der Waals surface area contributed by atoms with E-state index < -0.39 is 0 Å². The van der Waals surface area contributed by atoms with E-state index in [1.165, 1.54) is 27.8 Å². The van der Waals surface area contributed by atoms with Crippen LogP contribution in [0, 0.1) is 13.8 Å². The zero-order chi connectivity index (χ0) is 12.4. The highest BCUT2D eigenvalue weighted by Crippen LogP contribution is 2.29. The van der Waals surface area contributed by atoms with Gasteiger partial charge in [0.25, 0.3) is 0 Å². The van der Waals surface area contributed by atoms with Crippen molar-refractivity contribution in [3.8, 4) is 11.1 Å². The van der Waals surface area contributed by atoms with Crippen LogP contribution in [-0.2, 0) is 6.42 Å². The molecule has 2 aromatic rings. The molecule has 0 aliphatic rings. The van der Waals surface area contributed by atoms with Crippen LogP contribution in [0.1, 0.15) is 23.6 Å². The van der Waals surface area contributed by atoms with E-state index in [-0.39, 0.29) is 0 Å². The van der Waals surface area contributed by atoms with Crippen LogP contribution in [0.5, 0.6) is 0 Å². The second-order valence-corrected chi connectivity index (χ2v) is 4.58. The monoisotopic (exact) mass is 225 g/mol. The third kappa shape index (κ3) is 2.33. The molecule has 0 saturated heterocycles. The van der Waals surface area contributed by atoms with Crippen LogP contribution in [0.3, 0.4) is 0 Å². The van der Waals surface area contributed by atoms with Crippen LogP contribution in [-0.4, -0.2) is 0 Å². The van der Waals surface area contributed by atoms with Gasteiger partial charge in [0.05, 0.1) is 0 Å². The summed E-state index contributed by atoms with van der Waals surface area (Å²) in [4.78, 5) is 0. The molecule has 0 aliphatic heterocycles. The van der Waals surface area contributed by atoms with Crippen molar-refractivity contribution in [1.29, 1.82) is 0 Å². The van der Waals surface area contributed by atoms with E-state index in [1.54, 1.807) is 0 Å². The first kappa shape index (κ1) is 11.7. The van der Waals surface area contributed by atoms with Crippen molar-refractivity contribution < 1.29 is 0 Å². The minimum atomic E-state index is 0.889. The van der Waals surface area contributed by atoms with Crippen LogP contribution in [0.25, 0.3) is 11.1 Å². The maximum Gasteiger partial charge on any atom is 0.0352 e. The summed E-state index contributed by atoms with van der Waals surface area (Å²) in [6.45, 7) is 6.35. The van der Waals surface area contributed by atoms with Gasteiger partial charge in [0.15, 0.2) is 0 Å². The molecule has 0 fully saturated rings. The van der Waals surface area contributed by atoms with Gasteiger partial charge in [-0.2, -0.15) is 0 Å². The number of hydrogen-bond donors (Lipinski definition) is 1. The normalized spacial score (nSPS) is 10.5. The molecule has 0 unspecified atom stereocenters. The van der Waals surface area contributed by atoms with Crippen molar-refractivity contribution >= 4 is 5.69 Å². The SMILES string of the molecule is CCc1cc(N)c(C)c(-c2ccc(C)cc2)c1. The number of rotatable bonds is 2. The van der Waals surface area contributed by atoms with Gasteiger partial charge in [-0.3, -0.25) is 0 Å². The Balaban J connectivity index is 2.57. The highest BCUT2D eigenvalue weighted by Gasteiger charge is 2.06. The molecule has 1 heteroatoms. The van der Waals surface area contributed by atoms with E-state index in [0.717, 1.165) is 12.1 Å². The third-order valence-electron chi connectivity index (χ3n) is 3.28. The first-order valence-electron chi connectivity index (χ1n) is 6.08. The Morgan fingerprint density at radius 2 is 1.65 bits per heavy atom. The minimum absolute atomic E-state index is 0.889. The van der Waals surface area contributed by atoms with Crippen molar-refractivity contribution in [2.45, 2.75) is 27.2 Å². The molecule has 1 nitrogen and oxygen atoms in total. The second-order valence-electron chi connectivity index (χ2n) is 4.58. The van der Waals surface area contributed by atoms with Gasteiger partial charge in [-0.05, 0) is 48.6 Å². The highest BCUT2D eigenvalue weighted by atomic mass is 14.6. The van der Waals surface area contributed by atoms with E-state index in [1.807, 2.05) is 0 Å². The Kier molecular flexibility index (Phi) is 3.19. The fourth-order valence-electron chi connectivity index (χ4n) is 2.04. The average molecular weight is 225 g/mol. The van der Waals surface area contributed by atoms with E-state index in [4.69, 9.17) is 5.73 Å². The largest absolute Gasteiger partial charge is 0.398 e. The summed E-state index contributed by atoms with van der Waals surface area (Å²) >= 11 is 0. The predicted molar refractivity (Wildman–Crippen MR) is 75.1 cm³/mol. The Morgan fingerprint density at radius 3 is 2.24 bits per heavy atom. The van der Waals surface area contributed by atoms with Gasteiger partial charge < -0.3 is 5.73 Å². The van der Waals surface area contributed by atoms with Gasteiger partial charge in [-0.15, -0.1) is 0 Å². The van der Waals surface area contributed by atoms with Gasteiger partial charge in [-0.1, -0.05) is 42.8 Å². The van der Waals surface area contributed by atoms with E-state index in [0.29, 0.717) is 0 Å². The summed E-state index contributed by atoms with van der Waals surface area (Å²) in [6.07, 6.45) is 1.02. The molecule has 0 aliphatic carbocycles. The van der Waals surface area contributed by atoms with Crippen LogP contribution in [0.15, 0.2) is 36.4 Å². The summed E-state index contributed by atoms with van der Waals surface area (Å²) in [5, 5.41) is 0. The molecule has 2 rings (SSSR count). The summed E-state index contributed by atoms with van der Waals surface area (Å²) < 4.78 is 0. The smallest absolute Gasteiger partial charge is 0.0352 e. The highest BCUT2D eigenvalue weighted by molar-refractivity contribution is 5.74. The zero-order valence-electron chi connectivity index (χ0n) is 10.7. The van der Waals surface area contributed by atoms with E-state index >= 15 is 0 Å². The number of hydrogen-bond acceptors (Lipinski definition) is 1. The summed E-state index contributed by atoms with van der Waals surface area (Å²) in [6, 6.07) is 12.9. The molecule has 0 bridgehead atoms. The van der Waals surface area contributed by atoms with Gasteiger partial charge in [0, 0.05) is 5.69 Å². The lowest BCUT2D eigenvalue weighted by Crippen LogP contribution is -1.95. The Labute approximate surface area is 103 Å². The second kappa shape index (κ2) is 4.62. The number of aryl methyl sites for hydroxylation is 2. The van der Waals surface area contributed by atoms with Crippen LogP contribution >= 0.6 is 0 Å². The molecular formula is C16H19N. The first-order chi connectivity index (χ1) is 8.11. The lowest BCUT2D eigenvalue weighted by molar-refractivity contribution is 1.14. The molecule has 0 amide bonds. The minimum Gasteiger partial charge on any atom is -0.398 e.